The van der Waals surface area contributed by atoms with Crippen LogP contribution in [0.5, 0.6) is 5.75 Å². The zero-order chi connectivity index (χ0) is 17.7. The number of methoxy groups -OCH3 is 1. The first-order valence-electron chi connectivity index (χ1n) is 7.01. The first-order valence-corrected chi connectivity index (χ1v) is 7.77. The number of carbonyl (C=O) groups is 2. The third-order valence-electron chi connectivity index (χ3n) is 3.15. The number of halogens is 2. The molecule has 0 heterocycles. The minimum atomic E-state index is -0.978. The van der Waals surface area contributed by atoms with E-state index in [1.54, 1.807) is 30.3 Å². The molecule has 0 aliphatic heterocycles. The molecule has 1 unspecified atom stereocenters. The van der Waals surface area contributed by atoms with Crippen LogP contribution in [0.4, 0.5) is 5.69 Å². The first kappa shape index (κ1) is 18.1. The predicted octanol–water partition coefficient (Wildman–Crippen LogP) is 4.19. The van der Waals surface area contributed by atoms with Gasteiger partial charge in [-0.05, 0) is 49.4 Å². The van der Waals surface area contributed by atoms with Crippen LogP contribution in [0.25, 0.3) is 0 Å². The number of nitrogens with one attached hydrogen (secondary N) is 1. The molecule has 24 heavy (non-hydrogen) atoms. The van der Waals surface area contributed by atoms with E-state index in [0.717, 1.165) is 0 Å². The Labute approximate surface area is 149 Å². The molecular weight excluding hydrogens is 353 g/mol. The number of ether oxygens (including phenoxy) is 2. The molecule has 1 N–H and O–H groups in total. The van der Waals surface area contributed by atoms with Crippen molar-refractivity contribution in [1.29, 1.82) is 0 Å². The number of hydrogen-bond donors (Lipinski definition) is 1. The molecule has 7 heteroatoms. The molecule has 2 rings (SSSR count). The number of anilines is 1. The Morgan fingerprint density at radius 3 is 2.33 bits per heavy atom. The van der Waals surface area contributed by atoms with Crippen LogP contribution < -0.4 is 10.1 Å². The summed E-state index contributed by atoms with van der Waals surface area (Å²) in [5.41, 5.74) is 0.784. The summed E-state index contributed by atoms with van der Waals surface area (Å²) in [7, 11) is 1.50. The molecule has 5 nitrogen and oxygen atoms in total. The molecule has 126 valence electrons. The average Bonchev–Trinajstić information content (AvgIpc) is 2.55. The van der Waals surface area contributed by atoms with Crippen molar-refractivity contribution in [3.8, 4) is 5.75 Å². The van der Waals surface area contributed by atoms with E-state index in [0.29, 0.717) is 27.0 Å². The number of amides is 1. The second-order valence-corrected chi connectivity index (χ2v) is 5.74. The lowest BCUT2D eigenvalue weighted by Gasteiger charge is -2.14. The molecule has 0 saturated carbocycles. The Morgan fingerprint density at radius 1 is 1.08 bits per heavy atom. The van der Waals surface area contributed by atoms with Crippen LogP contribution >= 0.6 is 23.2 Å². The van der Waals surface area contributed by atoms with E-state index < -0.39 is 18.0 Å². The van der Waals surface area contributed by atoms with Gasteiger partial charge in [0.1, 0.15) is 5.75 Å². The number of hydrogen-bond acceptors (Lipinski definition) is 4. The van der Waals surface area contributed by atoms with Gasteiger partial charge in [0.25, 0.3) is 5.91 Å². The Hall–Kier alpha value is -2.24. The number of esters is 1. The lowest BCUT2D eigenvalue weighted by Crippen LogP contribution is -2.30. The van der Waals surface area contributed by atoms with Crippen molar-refractivity contribution in [2.45, 2.75) is 13.0 Å². The summed E-state index contributed by atoms with van der Waals surface area (Å²) in [4.78, 5) is 24.1. The molecule has 0 spiro atoms. The van der Waals surface area contributed by atoms with Crippen LogP contribution in [0.15, 0.2) is 42.5 Å². The molecule has 1 atom stereocenters. The van der Waals surface area contributed by atoms with Crippen molar-refractivity contribution < 1.29 is 19.1 Å². The number of benzene rings is 2. The van der Waals surface area contributed by atoms with Gasteiger partial charge >= 0.3 is 5.97 Å². The van der Waals surface area contributed by atoms with E-state index in [9.17, 15) is 9.59 Å². The highest BCUT2D eigenvalue weighted by molar-refractivity contribution is 6.32. The largest absolute Gasteiger partial charge is 0.495 e. The molecule has 0 saturated heterocycles. The average molecular weight is 368 g/mol. The monoisotopic (exact) mass is 367 g/mol. The summed E-state index contributed by atoms with van der Waals surface area (Å²) >= 11 is 11.8. The van der Waals surface area contributed by atoms with Gasteiger partial charge in [-0.3, -0.25) is 4.79 Å². The van der Waals surface area contributed by atoms with E-state index in [4.69, 9.17) is 32.7 Å². The maximum absolute atomic E-state index is 12.1. The molecule has 1 amide bonds. The van der Waals surface area contributed by atoms with Crippen molar-refractivity contribution in [3.63, 3.8) is 0 Å². The molecule has 0 aliphatic rings. The molecule has 2 aromatic carbocycles. The van der Waals surface area contributed by atoms with Crippen molar-refractivity contribution in [1.82, 2.24) is 0 Å². The lowest BCUT2D eigenvalue weighted by atomic mass is 10.2. The van der Waals surface area contributed by atoms with Crippen molar-refractivity contribution in [2.24, 2.45) is 0 Å². The van der Waals surface area contributed by atoms with Gasteiger partial charge in [0.05, 0.1) is 17.7 Å². The second-order valence-electron chi connectivity index (χ2n) is 4.89. The van der Waals surface area contributed by atoms with E-state index in [1.807, 2.05) is 0 Å². The smallest absolute Gasteiger partial charge is 0.338 e. The predicted molar refractivity (Wildman–Crippen MR) is 93.0 cm³/mol. The SMILES string of the molecule is COc1ccc(NC(=O)C(C)OC(=O)c2ccc(Cl)cc2)cc1Cl. The van der Waals surface area contributed by atoms with E-state index >= 15 is 0 Å². The Morgan fingerprint density at radius 2 is 1.75 bits per heavy atom. The quantitative estimate of drug-likeness (QED) is 0.804. The van der Waals surface area contributed by atoms with Gasteiger partial charge < -0.3 is 14.8 Å². The lowest BCUT2D eigenvalue weighted by molar-refractivity contribution is -0.123. The summed E-state index contributed by atoms with van der Waals surface area (Å²) in [6.45, 7) is 1.48. The maximum atomic E-state index is 12.1. The Kier molecular flexibility index (Phi) is 6.06. The first-order chi connectivity index (χ1) is 11.4. The fraction of sp³-hybridized carbons (Fsp3) is 0.176. The molecule has 0 aliphatic carbocycles. The second kappa shape index (κ2) is 8.04. The van der Waals surface area contributed by atoms with E-state index in [2.05, 4.69) is 5.32 Å². The normalized spacial score (nSPS) is 11.5. The highest BCUT2D eigenvalue weighted by Gasteiger charge is 2.19. The van der Waals surface area contributed by atoms with Gasteiger partial charge in [0, 0.05) is 10.7 Å². The van der Waals surface area contributed by atoms with Gasteiger partial charge in [-0.2, -0.15) is 0 Å². The minimum absolute atomic E-state index is 0.312. The van der Waals surface area contributed by atoms with E-state index in [-0.39, 0.29) is 0 Å². The van der Waals surface area contributed by atoms with Crippen molar-refractivity contribution in [2.75, 3.05) is 12.4 Å². The number of carbonyl (C=O) groups excluding carboxylic acids is 2. The number of rotatable bonds is 5. The van der Waals surface area contributed by atoms with Crippen LogP contribution in [0.2, 0.25) is 10.0 Å². The zero-order valence-corrected chi connectivity index (χ0v) is 14.5. The van der Waals surface area contributed by atoms with Gasteiger partial charge in [-0.15, -0.1) is 0 Å². The van der Waals surface area contributed by atoms with Crippen LogP contribution in [-0.4, -0.2) is 25.1 Å². The standard InChI is InChI=1S/C17H15Cl2NO4/c1-10(24-17(22)11-3-5-12(18)6-4-11)16(21)20-13-7-8-15(23-2)14(19)9-13/h3-10H,1-2H3,(H,20,21). The summed E-state index contributed by atoms with van der Waals surface area (Å²) in [5, 5.41) is 3.49. The molecule has 0 fully saturated rings. The molecule has 0 radical (unpaired) electrons. The minimum Gasteiger partial charge on any atom is -0.495 e. The third kappa shape index (κ3) is 4.63. The topological polar surface area (TPSA) is 64.6 Å². The molecule has 2 aromatic rings. The van der Waals surface area contributed by atoms with Crippen LogP contribution in [-0.2, 0) is 9.53 Å². The van der Waals surface area contributed by atoms with Crippen LogP contribution in [0.3, 0.4) is 0 Å². The fourth-order valence-electron chi connectivity index (χ4n) is 1.86. The Bertz CT molecular complexity index is 747. The zero-order valence-electron chi connectivity index (χ0n) is 13.0. The van der Waals surface area contributed by atoms with Gasteiger partial charge in [0.15, 0.2) is 6.10 Å². The summed E-state index contributed by atoms with van der Waals surface area (Å²) in [6, 6.07) is 11.0. The van der Waals surface area contributed by atoms with Gasteiger partial charge in [-0.25, -0.2) is 4.79 Å². The van der Waals surface area contributed by atoms with Crippen LogP contribution in [0, 0.1) is 0 Å². The third-order valence-corrected chi connectivity index (χ3v) is 3.70. The summed E-state index contributed by atoms with van der Waals surface area (Å²) in [5.74, 6) is -0.586. The van der Waals surface area contributed by atoms with Gasteiger partial charge in [-0.1, -0.05) is 23.2 Å². The Balaban J connectivity index is 1.98. The fourth-order valence-corrected chi connectivity index (χ4v) is 2.24. The van der Waals surface area contributed by atoms with Crippen molar-refractivity contribution in [3.05, 3.63) is 58.1 Å². The van der Waals surface area contributed by atoms with Crippen LogP contribution in [0.1, 0.15) is 17.3 Å². The maximum Gasteiger partial charge on any atom is 0.338 e. The van der Waals surface area contributed by atoms with Crippen molar-refractivity contribution >= 4 is 40.8 Å². The van der Waals surface area contributed by atoms with E-state index in [1.165, 1.54) is 26.2 Å². The summed E-state index contributed by atoms with van der Waals surface area (Å²) < 4.78 is 10.2. The van der Waals surface area contributed by atoms with Gasteiger partial charge in [0.2, 0.25) is 0 Å². The highest BCUT2D eigenvalue weighted by atomic mass is 35.5. The molecule has 0 aromatic heterocycles. The highest BCUT2D eigenvalue weighted by Crippen LogP contribution is 2.27. The molecular formula is C17H15Cl2NO4. The molecule has 0 bridgehead atoms. The summed E-state index contributed by atoms with van der Waals surface area (Å²) in [6.07, 6.45) is -0.978.